The Labute approximate surface area is 190 Å². The zero-order chi connectivity index (χ0) is 21.7. The topological polar surface area (TPSA) is 37.4 Å². The molecular formula is C26H19Cl2NO2. The van der Waals surface area contributed by atoms with Crippen molar-refractivity contribution in [2.75, 3.05) is 4.90 Å². The maximum atomic E-state index is 13.9. The summed E-state index contributed by atoms with van der Waals surface area (Å²) < 4.78 is 0. The highest BCUT2D eigenvalue weighted by Gasteiger charge is 2.73. The van der Waals surface area contributed by atoms with Gasteiger partial charge in [-0.15, -0.1) is 23.2 Å². The van der Waals surface area contributed by atoms with Crippen molar-refractivity contribution < 1.29 is 9.59 Å². The van der Waals surface area contributed by atoms with Crippen molar-refractivity contribution in [3.8, 4) is 0 Å². The molecule has 4 aliphatic rings. The van der Waals surface area contributed by atoms with Gasteiger partial charge in [0.2, 0.25) is 11.8 Å². The molecule has 2 bridgehead atoms. The van der Waals surface area contributed by atoms with Crippen molar-refractivity contribution in [3.05, 3.63) is 100 Å². The van der Waals surface area contributed by atoms with E-state index >= 15 is 0 Å². The van der Waals surface area contributed by atoms with Crippen molar-refractivity contribution in [3.63, 3.8) is 0 Å². The maximum absolute atomic E-state index is 13.9. The monoisotopic (exact) mass is 447 g/mol. The Morgan fingerprint density at radius 3 is 1.52 bits per heavy atom. The minimum absolute atomic E-state index is 0.285. The Hall–Kier alpha value is -2.62. The highest BCUT2D eigenvalue weighted by atomic mass is 35.5. The Kier molecular flexibility index (Phi) is 3.69. The van der Waals surface area contributed by atoms with Gasteiger partial charge in [-0.05, 0) is 53.3 Å². The van der Waals surface area contributed by atoms with Gasteiger partial charge in [-0.1, -0.05) is 60.7 Å². The summed E-state index contributed by atoms with van der Waals surface area (Å²) in [6.45, 7) is 3.90. The lowest BCUT2D eigenvalue weighted by Gasteiger charge is -2.54. The van der Waals surface area contributed by atoms with E-state index in [0.29, 0.717) is 5.69 Å². The maximum Gasteiger partial charge on any atom is 0.240 e. The summed E-state index contributed by atoms with van der Waals surface area (Å²) in [5, 5.41) is 0. The van der Waals surface area contributed by atoms with Crippen LogP contribution in [-0.2, 0) is 19.3 Å². The summed E-state index contributed by atoms with van der Waals surface area (Å²) in [7, 11) is 0. The summed E-state index contributed by atoms with van der Waals surface area (Å²) in [5.74, 6) is -2.12. The van der Waals surface area contributed by atoms with Gasteiger partial charge in [-0.25, -0.2) is 4.90 Å². The van der Waals surface area contributed by atoms with Crippen molar-refractivity contribution in [2.24, 2.45) is 11.8 Å². The van der Waals surface area contributed by atoms with Crippen LogP contribution in [0.3, 0.4) is 0 Å². The third-order valence-corrected chi connectivity index (χ3v) is 8.69. The predicted octanol–water partition coefficient (Wildman–Crippen LogP) is 5.40. The average molecular weight is 448 g/mol. The summed E-state index contributed by atoms with van der Waals surface area (Å²) >= 11 is 14.9. The van der Waals surface area contributed by atoms with Crippen molar-refractivity contribution in [2.45, 2.75) is 23.6 Å². The molecule has 3 aromatic rings. The molecule has 0 radical (unpaired) electrons. The van der Waals surface area contributed by atoms with Crippen LogP contribution in [-0.4, -0.2) is 11.8 Å². The molecule has 3 nitrogen and oxygen atoms in total. The van der Waals surface area contributed by atoms with Crippen LogP contribution in [0.15, 0.2) is 66.7 Å². The van der Waals surface area contributed by atoms with E-state index in [1.807, 2.05) is 80.6 Å². The van der Waals surface area contributed by atoms with Gasteiger partial charge in [0, 0.05) is 0 Å². The van der Waals surface area contributed by atoms with E-state index in [1.165, 1.54) is 4.90 Å². The Balaban J connectivity index is 1.67. The highest BCUT2D eigenvalue weighted by Crippen LogP contribution is 2.69. The van der Waals surface area contributed by atoms with Gasteiger partial charge in [0.1, 0.15) is 9.75 Å². The van der Waals surface area contributed by atoms with Gasteiger partial charge in [0.15, 0.2) is 0 Å². The molecule has 0 unspecified atom stereocenters. The van der Waals surface area contributed by atoms with Crippen LogP contribution < -0.4 is 4.90 Å². The van der Waals surface area contributed by atoms with E-state index in [4.69, 9.17) is 23.2 Å². The summed E-state index contributed by atoms with van der Waals surface area (Å²) in [6, 6.07) is 21.0. The van der Waals surface area contributed by atoms with E-state index in [0.717, 1.165) is 33.4 Å². The number of hydrogen-bond acceptors (Lipinski definition) is 2. The fourth-order valence-electron chi connectivity index (χ4n) is 5.88. The number of halogens is 2. The first kappa shape index (κ1) is 19.1. The first-order valence-electron chi connectivity index (χ1n) is 10.3. The number of rotatable bonds is 1. The normalized spacial score (nSPS) is 30.3. The van der Waals surface area contributed by atoms with E-state index in [1.54, 1.807) is 0 Å². The average Bonchev–Trinajstić information content (AvgIpc) is 3.05. The molecule has 0 saturated carbocycles. The fourth-order valence-corrected chi connectivity index (χ4v) is 6.98. The number of carbonyl (C=O) groups is 2. The zero-order valence-electron chi connectivity index (χ0n) is 17.0. The molecule has 5 heteroatoms. The molecule has 2 atom stereocenters. The second-order valence-corrected chi connectivity index (χ2v) is 9.89. The second kappa shape index (κ2) is 5.99. The van der Waals surface area contributed by atoms with Crippen molar-refractivity contribution in [1.29, 1.82) is 0 Å². The predicted molar refractivity (Wildman–Crippen MR) is 122 cm³/mol. The van der Waals surface area contributed by atoms with Crippen LogP contribution >= 0.6 is 23.2 Å². The number of imide groups is 1. The van der Waals surface area contributed by atoms with Crippen LogP contribution in [0.25, 0.3) is 0 Å². The molecule has 3 aromatic carbocycles. The molecule has 1 aliphatic heterocycles. The van der Waals surface area contributed by atoms with Crippen LogP contribution in [0, 0.1) is 25.7 Å². The number of hydrogen-bond donors (Lipinski definition) is 0. The molecule has 7 rings (SSSR count). The number of alkyl halides is 2. The molecule has 1 saturated heterocycles. The number of nitrogens with zero attached hydrogens (tertiary/aromatic N) is 1. The standard InChI is InChI=1S/C26H19Cl2NO2/c1-14-8-7-13-20(15(14)2)29-23(30)21-22(24(29)31)26(28)17-10-4-3-9-16(17)25(21,27)18-11-5-6-12-19(18)26/h3-13,21-22H,1-2H3/t21-,22-,25?,26?/m0/s1. The number of carbonyl (C=O) groups excluding carboxylic acids is 2. The minimum Gasteiger partial charge on any atom is -0.274 e. The quantitative estimate of drug-likeness (QED) is 0.369. The summed E-state index contributed by atoms with van der Waals surface area (Å²) in [4.78, 5) is 26.9. The number of amides is 2. The second-order valence-electron chi connectivity index (χ2n) is 8.70. The van der Waals surface area contributed by atoms with Crippen LogP contribution in [0.1, 0.15) is 33.4 Å². The lowest BCUT2D eigenvalue weighted by molar-refractivity contribution is -0.122. The molecule has 2 amide bonds. The first-order chi connectivity index (χ1) is 14.8. The molecule has 1 fully saturated rings. The van der Waals surface area contributed by atoms with Gasteiger partial charge in [-0.3, -0.25) is 9.59 Å². The Morgan fingerprint density at radius 1 is 0.677 bits per heavy atom. The lowest BCUT2D eigenvalue weighted by Crippen LogP contribution is -2.57. The van der Waals surface area contributed by atoms with Crippen LogP contribution in [0.5, 0.6) is 0 Å². The number of aryl methyl sites for hydroxylation is 1. The van der Waals surface area contributed by atoms with E-state index in [9.17, 15) is 9.59 Å². The van der Waals surface area contributed by atoms with Gasteiger partial charge in [-0.2, -0.15) is 0 Å². The SMILES string of the molecule is Cc1cccc(N2C(=O)[C@@H]3[C@@H](C2=O)C2(Cl)c4ccccc4C3(Cl)c3ccccc32)c1C. The van der Waals surface area contributed by atoms with Gasteiger partial charge in [0.05, 0.1) is 17.5 Å². The Morgan fingerprint density at radius 2 is 1.10 bits per heavy atom. The molecule has 0 spiro atoms. The highest BCUT2D eigenvalue weighted by molar-refractivity contribution is 6.38. The molecule has 3 aliphatic carbocycles. The smallest absolute Gasteiger partial charge is 0.240 e. The fraction of sp³-hybridized carbons (Fsp3) is 0.231. The lowest BCUT2D eigenvalue weighted by atomic mass is 9.54. The Bertz CT molecular complexity index is 1190. The minimum atomic E-state index is -1.15. The number of benzene rings is 3. The molecule has 1 heterocycles. The first-order valence-corrected chi connectivity index (χ1v) is 11.1. The molecule has 31 heavy (non-hydrogen) atoms. The van der Waals surface area contributed by atoms with E-state index in [-0.39, 0.29) is 11.8 Å². The third kappa shape index (κ3) is 2.02. The van der Waals surface area contributed by atoms with E-state index in [2.05, 4.69) is 0 Å². The molecule has 0 N–H and O–H groups in total. The zero-order valence-corrected chi connectivity index (χ0v) is 18.5. The van der Waals surface area contributed by atoms with Crippen LogP contribution in [0.4, 0.5) is 5.69 Å². The van der Waals surface area contributed by atoms with Crippen molar-refractivity contribution >= 4 is 40.7 Å². The summed E-state index contributed by atoms with van der Waals surface area (Å²) in [5.41, 5.74) is 5.79. The molecule has 0 aromatic heterocycles. The largest absolute Gasteiger partial charge is 0.274 e. The summed E-state index contributed by atoms with van der Waals surface area (Å²) in [6.07, 6.45) is 0. The molecular weight excluding hydrogens is 429 g/mol. The van der Waals surface area contributed by atoms with Crippen LogP contribution in [0.2, 0.25) is 0 Å². The third-order valence-electron chi connectivity index (χ3n) is 7.40. The van der Waals surface area contributed by atoms with Crippen molar-refractivity contribution in [1.82, 2.24) is 0 Å². The molecule has 154 valence electrons. The van der Waals surface area contributed by atoms with Gasteiger partial charge < -0.3 is 0 Å². The number of anilines is 1. The van der Waals surface area contributed by atoms with Gasteiger partial charge >= 0.3 is 0 Å². The van der Waals surface area contributed by atoms with Gasteiger partial charge in [0.25, 0.3) is 0 Å². The van der Waals surface area contributed by atoms with E-state index < -0.39 is 21.6 Å².